The summed E-state index contributed by atoms with van der Waals surface area (Å²) in [6.07, 6.45) is 0.877. The van der Waals surface area contributed by atoms with Crippen molar-refractivity contribution in [3.8, 4) is 11.5 Å². The molecule has 1 aliphatic heterocycles. The fourth-order valence-corrected chi connectivity index (χ4v) is 3.18. The molecule has 1 atom stereocenters. The van der Waals surface area contributed by atoms with E-state index in [1.807, 2.05) is 0 Å². The van der Waals surface area contributed by atoms with Gasteiger partial charge in [-0.3, -0.25) is 9.59 Å². The van der Waals surface area contributed by atoms with Gasteiger partial charge in [-0.25, -0.2) is 4.79 Å². The van der Waals surface area contributed by atoms with Gasteiger partial charge in [0.1, 0.15) is 22.9 Å². The molecule has 0 unspecified atom stereocenters. The van der Waals surface area contributed by atoms with Gasteiger partial charge in [0.15, 0.2) is 11.5 Å². The summed E-state index contributed by atoms with van der Waals surface area (Å²) in [4.78, 5) is 41.4. The quantitative estimate of drug-likeness (QED) is 0.343. The first-order valence-corrected chi connectivity index (χ1v) is 8.18. The number of fused-ring (bicyclic) bond motifs is 1. The molecular weight excluding hydrogens is 380 g/mol. The maximum atomic E-state index is 13.0. The lowest BCUT2D eigenvalue weighted by Crippen LogP contribution is -2.45. The number of ether oxygens (including phenoxy) is 2. The van der Waals surface area contributed by atoms with Crippen LogP contribution in [-0.2, 0) is 9.63 Å². The summed E-state index contributed by atoms with van der Waals surface area (Å²) in [6, 6.07) is 1.21. The van der Waals surface area contributed by atoms with Crippen molar-refractivity contribution < 1.29 is 33.8 Å². The summed E-state index contributed by atoms with van der Waals surface area (Å²) in [6.45, 7) is 1.42. The number of nitrogens with zero attached hydrogens (tertiary/aromatic N) is 1. The minimum absolute atomic E-state index is 0.00127. The molecule has 3 N–H and O–H groups in total. The van der Waals surface area contributed by atoms with Crippen LogP contribution in [0.25, 0.3) is 0 Å². The third-order valence-corrected chi connectivity index (χ3v) is 4.58. The van der Waals surface area contributed by atoms with E-state index in [1.165, 1.54) is 20.1 Å². The molecular formula is C17H15ClN2O7. The zero-order valence-electron chi connectivity index (χ0n) is 14.4. The third kappa shape index (κ3) is 2.89. The molecule has 0 saturated carbocycles. The zero-order valence-corrected chi connectivity index (χ0v) is 15.1. The number of carbonyl (C=O) groups is 3. The number of amidine groups is 1. The van der Waals surface area contributed by atoms with Crippen LogP contribution in [0.3, 0.4) is 0 Å². The van der Waals surface area contributed by atoms with E-state index in [9.17, 15) is 19.5 Å². The smallest absolute Gasteiger partial charge is 0.367 e. The predicted octanol–water partition coefficient (Wildman–Crippen LogP) is 1.92. The Bertz CT molecular complexity index is 934. The molecule has 9 nitrogen and oxygen atoms in total. The molecule has 0 bridgehead atoms. The summed E-state index contributed by atoms with van der Waals surface area (Å²) in [5, 5.41) is 13.4. The number of benzene rings is 1. The number of rotatable bonds is 3. The van der Waals surface area contributed by atoms with Crippen molar-refractivity contribution >= 4 is 35.0 Å². The number of hydrogen-bond acceptors (Lipinski definition) is 8. The minimum Gasteiger partial charge on any atom is -0.507 e. The van der Waals surface area contributed by atoms with E-state index < -0.39 is 23.1 Å². The number of halogens is 1. The average molecular weight is 395 g/mol. The van der Waals surface area contributed by atoms with E-state index in [4.69, 9.17) is 26.8 Å². The zero-order chi connectivity index (χ0) is 19.9. The lowest BCUT2D eigenvalue weighted by Gasteiger charge is -2.28. The Hall–Kier alpha value is -3.07. The molecule has 1 aromatic rings. The normalized spacial score (nSPS) is 21.6. The van der Waals surface area contributed by atoms with Gasteiger partial charge in [-0.15, -0.1) is 0 Å². The van der Waals surface area contributed by atoms with E-state index in [2.05, 4.69) is 9.99 Å². The van der Waals surface area contributed by atoms with Crippen LogP contribution in [-0.4, -0.2) is 41.2 Å². The number of allylic oxidation sites excluding steroid dienone is 1. The molecule has 0 amide bonds. The van der Waals surface area contributed by atoms with E-state index in [0.29, 0.717) is 0 Å². The first-order valence-electron chi connectivity index (χ1n) is 7.81. The summed E-state index contributed by atoms with van der Waals surface area (Å²) in [7, 11) is 1.29. The maximum absolute atomic E-state index is 13.0. The number of ketones is 2. The first kappa shape index (κ1) is 18.7. The highest BCUT2D eigenvalue weighted by Crippen LogP contribution is 2.50. The van der Waals surface area contributed by atoms with Crippen molar-refractivity contribution in [3.63, 3.8) is 0 Å². The van der Waals surface area contributed by atoms with E-state index in [-0.39, 0.29) is 52.1 Å². The molecule has 3 rings (SSSR count). The Balaban J connectivity index is 2.12. The molecule has 0 aromatic heterocycles. The largest absolute Gasteiger partial charge is 0.507 e. The van der Waals surface area contributed by atoms with Gasteiger partial charge in [-0.05, 0) is 13.0 Å². The molecule has 1 spiro atoms. The van der Waals surface area contributed by atoms with Gasteiger partial charge >= 0.3 is 5.97 Å². The Kier molecular flexibility index (Phi) is 4.56. The average Bonchev–Trinajstić information content (AvgIpc) is 2.92. The summed E-state index contributed by atoms with van der Waals surface area (Å²) in [5.74, 6) is -2.54. The van der Waals surface area contributed by atoms with Gasteiger partial charge in [0.25, 0.3) is 0 Å². The molecule has 142 valence electrons. The minimum atomic E-state index is -1.78. The Morgan fingerprint density at radius 1 is 1.44 bits per heavy atom. The third-order valence-electron chi connectivity index (χ3n) is 4.20. The number of oxime groups is 1. The van der Waals surface area contributed by atoms with Crippen molar-refractivity contribution in [1.29, 1.82) is 0 Å². The second kappa shape index (κ2) is 6.58. The van der Waals surface area contributed by atoms with E-state index in [0.717, 1.165) is 6.08 Å². The first-order chi connectivity index (χ1) is 12.7. The monoisotopic (exact) mass is 394 g/mol. The highest BCUT2D eigenvalue weighted by atomic mass is 35.5. The van der Waals surface area contributed by atoms with E-state index >= 15 is 0 Å². The van der Waals surface area contributed by atoms with Crippen LogP contribution >= 0.6 is 11.6 Å². The molecule has 1 aromatic carbocycles. The standard InChI is InChI=1S/C17H15ClN2O7/c1-7(19)20-27-16(24)9-6-10(25-2)12-14(13(9)18)26-17(15(12)23)4-3-8(21)5-11(17)22/h5-6,22H,3-4H2,1-2H3,(H2,19,20)/t17-/m0/s1. The van der Waals surface area contributed by atoms with Crippen molar-refractivity contribution in [2.24, 2.45) is 10.9 Å². The molecule has 10 heteroatoms. The summed E-state index contributed by atoms with van der Waals surface area (Å²) < 4.78 is 10.9. The van der Waals surface area contributed by atoms with Crippen molar-refractivity contribution in [1.82, 2.24) is 0 Å². The van der Waals surface area contributed by atoms with E-state index in [1.54, 1.807) is 0 Å². The Morgan fingerprint density at radius 3 is 2.74 bits per heavy atom. The number of aliphatic hydroxyl groups is 1. The molecule has 27 heavy (non-hydrogen) atoms. The Labute approximate surface area is 158 Å². The number of aliphatic hydroxyl groups excluding tert-OH is 1. The van der Waals surface area contributed by atoms with Crippen LogP contribution in [0.2, 0.25) is 5.02 Å². The van der Waals surface area contributed by atoms with Gasteiger partial charge in [0.05, 0.1) is 17.7 Å². The summed E-state index contributed by atoms with van der Waals surface area (Å²) in [5.41, 5.74) is 3.34. The lowest BCUT2D eigenvalue weighted by molar-refractivity contribution is -0.116. The van der Waals surface area contributed by atoms with Gasteiger partial charge in [0.2, 0.25) is 11.4 Å². The van der Waals surface area contributed by atoms with Crippen LogP contribution in [0.5, 0.6) is 11.5 Å². The number of Topliss-reactive ketones (excluding diaryl/α,β-unsaturated/α-hetero) is 1. The molecule has 0 radical (unpaired) electrons. The number of nitrogens with two attached hydrogens (primary N) is 1. The number of methoxy groups -OCH3 is 1. The van der Waals surface area contributed by atoms with Gasteiger partial charge < -0.3 is 25.2 Å². The maximum Gasteiger partial charge on any atom is 0.367 e. The fourth-order valence-electron chi connectivity index (χ4n) is 2.92. The molecule has 1 heterocycles. The second-order valence-corrected chi connectivity index (χ2v) is 6.39. The topological polar surface area (TPSA) is 138 Å². The van der Waals surface area contributed by atoms with Crippen LogP contribution in [0, 0.1) is 0 Å². The SMILES string of the molecule is COc1cc(C(=O)O/N=C(/C)N)c(Cl)c2c1C(=O)[C@@]1(CCC(=O)C=C1O)O2. The predicted molar refractivity (Wildman–Crippen MR) is 93.4 cm³/mol. The second-order valence-electron chi connectivity index (χ2n) is 6.01. The lowest BCUT2D eigenvalue weighted by atomic mass is 9.83. The number of hydrogen-bond donors (Lipinski definition) is 2. The van der Waals surface area contributed by atoms with Crippen molar-refractivity contribution in [2.75, 3.05) is 7.11 Å². The molecule has 0 fully saturated rings. The number of carbonyl (C=O) groups excluding carboxylic acids is 3. The van der Waals surface area contributed by atoms with Crippen molar-refractivity contribution in [3.05, 3.63) is 34.1 Å². The van der Waals surface area contributed by atoms with Crippen LogP contribution < -0.4 is 15.2 Å². The van der Waals surface area contributed by atoms with Gasteiger partial charge in [-0.1, -0.05) is 16.8 Å². The molecule has 2 aliphatic rings. The summed E-state index contributed by atoms with van der Waals surface area (Å²) >= 11 is 6.26. The van der Waals surface area contributed by atoms with Crippen molar-refractivity contribution in [2.45, 2.75) is 25.4 Å². The van der Waals surface area contributed by atoms with Crippen LogP contribution in [0.4, 0.5) is 0 Å². The van der Waals surface area contributed by atoms with Crippen LogP contribution in [0.15, 0.2) is 23.1 Å². The molecule has 0 saturated heterocycles. The molecule has 1 aliphatic carbocycles. The fraction of sp³-hybridized carbons (Fsp3) is 0.294. The Morgan fingerprint density at radius 2 is 2.15 bits per heavy atom. The van der Waals surface area contributed by atoms with Gasteiger partial charge in [0, 0.05) is 18.9 Å². The highest BCUT2D eigenvalue weighted by Gasteiger charge is 2.55. The van der Waals surface area contributed by atoms with Crippen LogP contribution in [0.1, 0.15) is 40.5 Å². The highest BCUT2D eigenvalue weighted by molar-refractivity contribution is 6.36. The van der Waals surface area contributed by atoms with Gasteiger partial charge in [-0.2, -0.15) is 0 Å².